The van der Waals surface area contributed by atoms with Crippen molar-refractivity contribution in [3.05, 3.63) is 102 Å². The van der Waals surface area contributed by atoms with Gasteiger partial charge in [0.05, 0.1) is 6.10 Å². The van der Waals surface area contributed by atoms with Crippen LogP contribution >= 0.6 is 0 Å². The minimum absolute atomic E-state index is 0.330. The molecule has 1 aliphatic rings. The molecule has 0 spiro atoms. The van der Waals surface area contributed by atoms with Crippen molar-refractivity contribution in [2.75, 3.05) is 6.54 Å². The Labute approximate surface area is 186 Å². The van der Waals surface area contributed by atoms with E-state index in [-0.39, 0.29) is 6.10 Å². The van der Waals surface area contributed by atoms with E-state index in [1.54, 1.807) is 0 Å². The molecule has 1 saturated carbocycles. The minimum atomic E-state index is -0.330. The number of rotatable bonds is 9. The van der Waals surface area contributed by atoms with Crippen molar-refractivity contribution in [3.8, 4) is 5.75 Å². The largest absolute Gasteiger partial charge is 0.489 e. The zero-order chi connectivity index (χ0) is 21.3. The maximum absolute atomic E-state index is 10.3. The van der Waals surface area contributed by atoms with Crippen molar-refractivity contribution in [3.63, 3.8) is 0 Å². The van der Waals surface area contributed by atoms with Crippen LogP contribution < -0.4 is 10.1 Å². The van der Waals surface area contributed by atoms with Gasteiger partial charge in [-0.25, -0.2) is 0 Å². The Morgan fingerprint density at radius 3 is 2.03 bits per heavy atom. The molecule has 0 amide bonds. The van der Waals surface area contributed by atoms with Gasteiger partial charge in [0.1, 0.15) is 12.4 Å². The molecule has 3 aromatic carbocycles. The van der Waals surface area contributed by atoms with Gasteiger partial charge in [0, 0.05) is 12.6 Å². The van der Waals surface area contributed by atoms with Gasteiger partial charge in [0.2, 0.25) is 0 Å². The van der Waals surface area contributed by atoms with Gasteiger partial charge in [-0.1, -0.05) is 72.8 Å². The highest BCUT2D eigenvalue weighted by atomic mass is 16.5. The highest BCUT2D eigenvalue weighted by Crippen LogP contribution is 2.33. The van der Waals surface area contributed by atoms with Crippen molar-refractivity contribution >= 4 is 0 Å². The van der Waals surface area contributed by atoms with E-state index < -0.39 is 0 Å². The van der Waals surface area contributed by atoms with Crippen LogP contribution in [0.3, 0.4) is 0 Å². The van der Waals surface area contributed by atoms with Crippen LogP contribution in [0.25, 0.3) is 0 Å². The number of nitrogens with one attached hydrogen (secondary N) is 1. The molecule has 0 aromatic heterocycles. The molecule has 1 fully saturated rings. The summed E-state index contributed by atoms with van der Waals surface area (Å²) in [5.41, 5.74) is 3.79. The van der Waals surface area contributed by atoms with E-state index >= 15 is 0 Å². The van der Waals surface area contributed by atoms with E-state index in [0.29, 0.717) is 31.5 Å². The van der Waals surface area contributed by atoms with E-state index in [1.165, 1.54) is 29.5 Å². The highest BCUT2D eigenvalue weighted by Gasteiger charge is 2.22. The number of aliphatic hydroxyl groups excluding tert-OH is 1. The van der Waals surface area contributed by atoms with E-state index in [2.05, 4.69) is 53.8 Å². The number of ether oxygens (including phenoxy) is 1. The zero-order valence-electron chi connectivity index (χ0n) is 18.1. The van der Waals surface area contributed by atoms with Crippen LogP contribution in [0.5, 0.6) is 5.75 Å². The van der Waals surface area contributed by atoms with E-state index in [9.17, 15) is 5.11 Å². The second-order valence-corrected chi connectivity index (χ2v) is 8.64. The third-order valence-electron chi connectivity index (χ3n) is 6.28. The first kappa shape index (κ1) is 21.6. The van der Waals surface area contributed by atoms with Crippen LogP contribution in [0, 0.1) is 0 Å². The lowest BCUT2D eigenvalue weighted by Crippen LogP contribution is -2.38. The van der Waals surface area contributed by atoms with Crippen LogP contribution in [-0.2, 0) is 13.0 Å². The van der Waals surface area contributed by atoms with Gasteiger partial charge >= 0.3 is 0 Å². The second-order valence-electron chi connectivity index (χ2n) is 8.64. The molecule has 3 aromatic rings. The van der Waals surface area contributed by atoms with E-state index in [0.717, 1.165) is 18.6 Å². The van der Waals surface area contributed by atoms with Crippen molar-refractivity contribution < 1.29 is 9.84 Å². The number of benzene rings is 3. The summed E-state index contributed by atoms with van der Waals surface area (Å²) in [7, 11) is 0. The minimum Gasteiger partial charge on any atom is -0.489 e. The molecule has 1 atom stereocenters. The molecule has 0 unspecified atom stereocenters. The first-order valence-electron chi connectivity index (χ1n) is 11.5. The molecule has 0 bridgehead atoms. The van der Waals surface area contributed by atoms with Crippen molar-refractivity contribution in [2.45, 2.75) is 56.8 Å². The lowest BCUT2D eigenvalue weighted by molar-refractivity contribution is 0.162. The number of hydrogen-bond acceptors (Lipinski definition) is 3. The summed E-state index contributed by atoms with van der Waals surface area (Å²) in [6.45, 7) is 1.27. The van der Waals surface area contributed by atoms with Crippen molar-refractivity contribution in [1.29, 1.82) is 0 Å². The van der Waals surface area contributed by atoms with Gasteiger partial charge in [-0.3, -0.25) is 0 Å². The van der Waals surface area contributed by atoms with Gasteiger partial charge in [-0.2, -0.15) is 0 Å². The molecule has 2 N–H and O–H groups in total. The normalized spacial score (nSPS) is 19.6. The van der Waals surface area contributed by atoms with E-state index in [4.69, 9.17) is 4.74 Å². The van der Waals surface area contributed by atoms with Crippen molar-refractivity contribution in [1.82, 2.24) is 5.32 Å². The summed E-state index contributed by atoms with van der Waals surface area (Å²) < 4.78 is 5.91. The molecule has 0 radical (unpaired) electrons. The molecule has 162 valence electrons. The van der Waals surface area contributed by atoms with Crippen LogP contribution in [0.1, 0.15) is 48.3 Å². The summed E-state index contributed by atoms with van der Waals surface area (Å²) >= 11 is 0. The smallest absolute Gasteiger partial charge is 0.119 e. The third kappa shape index (κ3) is 6.68. The maximum Gasteiger partial charge on any atom is 0.119 e. The van der Waals surface area contributed by atoms with E-state index in [1.807, 2.05) is 36.4 Å². The second kappa shape index (κ2) is 11.1. The third-order valence-corrected chi connectivity index (χ3v) is 6.28. The SMILES string of the molecule is O[C@H](CNC1CCC(c2ccc(OCc3ccccc3)cc2)CC1)Cc1ccccc1. The van der Waals surface area contributed by atoms with Gasteiger partial charge in [0.25, 0.3) is 0 Å². The molecular weight excluding hydrogens is 382 g/mol. The first-order valence-corrected chi connectivity index (χ1v) is 11.5. The molecule has 0 saturated heterocycles. The summed E-state index contributed by atoms with van der Waals surface area (Å²) in [5, 5.41) is 13.9. The lowest BCUT2D eigenvalue weighted by Gasteiger charge is -2.30. The zero-order valence-corrected chi connectivity index (χ0v) is 18.1. The predicted molar refractivity (Wildman–Crippen MR) is 126 cm³/mol. The fraction of sp³-hybridized carbons (Fsp3) is 0.357. The molecule has 3 nitrogen and oxygen atoms in total. The quantitative estimate of drug-likeness (QED) is 0.486. The topological polar surface area (TPSA) is 41.5 Å². The Morgan fingerprint density at radius 1 is 0.774 bits per heavy atom. The Kier molecular flexibility index (Phi) is 7.76. The van der Waals surface area contributed by atoms with Gasteiger partial charge in [-0.05, 0) is 66.8 Å². The molecule has 1 aliphatic carbocycles. The fourth-order valence-electron chi connectivity index (χ4n) is 4.47. The van der Waals surface area contributed by atoms with Crippen LogP contribution in [0.4, 0.5) is 0 Å². The Hall–Kier alpha value is -2.62. The Morgan fingerprint density at radius 2 is 1.39 bits per heavy atom. The van der Waals surface area contributed by atoms with Crippen molar-refractivity contribution in [2.24, 2.45) is 0 Å². The predicted octanol–water partition coefficient (Wildman–Crippen LogP) is 5.49. The first-order chi connectivity index (χ1) is 15.3. The van der Waals surface area contributed by atoms with Crippen LogP contribution in [0.15, 0.2) is 84.9 Å². The Balaban J connectivity index is 1.18. The maximum atomic E-state index is 10.3. The highest BCUT2D eigenvalue weighted by molar-refractivity contribution is 5.30. The number of hydrogen-bond donors (Lipinski definition) is 2. The monoisotopic (exact) mass is 415 g/mol. The van der Waals surface area contributed by atoms with Gasteiger partial charge < -0.3 is 15.2 Å². The lowest BCUT2D eigenvalue weighted by atomic mass is 9.81. The molecule has 31 heavy (non-hydrogen) atoms. The Bertz CT molecular complexity index is 887. The number of aliphatic hydroxyl groups is 1. The molecular formula is C28H33NO2. The summed E-state index contributed by atoms with van der Waals surface area (Å²) in [5.74, 6) is 1.55. The standard InChI is InChI=1S/C28H33NO2/c30-27(19-22-7-3-1-4-8-22)20-29-26-15-11-24(12-16-26)25-13-17-28(18-14-25)31-21-23-9-5-2-6-10-23/h1-10,13-14,17-18,24,26-27,29-30H,11-12,15-16,19-21H2/t24?,26?,27-/m0/s1. The molecule has 4 rings (SSSR count). The van der Waals surface area contributed by atoms with Gasteiger partial charge in [-0.15, -0.1) is 0 Å². The molecule has 0 aliphatic heterocycles. The van der Waals surface area contributed by atoms with Gasteiger partial charge in [0.15, 0.2) is 0 Å². The molecule has 3 heteroatoms. The summed E-state index contributed by atoms with van der Waals surface area (Å²) in [6, 6.07) is 29.6. The summed E-state index contributed by atoms with van der Waals surface area (Å²) in [4.78, 5) is 0. The van der Waals surface area contributed by atoms with Crippen LogP contribution in [0.2, 0.25) is 0 Å². The average molecular weight is 416 g/mol. The average Bonchev–Trinajstić information content (AvgIpc) is 2.83. The summed E-state index contributed by atoms with van der Waals surface area (Å²) in [6.07, 6.45) is 5.09. The fourth-order valence-corrected chi connectivity index (χ4v) is 4.47. The van der Waals surface area contributed by atoms with Crippen LogP contribution in [-0.4, -0.2) is 23.8 Å². The molecule has 0 heterocycles.